The zero-order valence-electron chi connectivity index (χ0n) is 10.4. The third-order valence-corrected chi connectivity index (χ3v) is 4.22. The van der Waals surface area contributed by atoms with Crippen LogP contribution < -0.4 is 16.0 Å². The maximum Gasteiger partial charge on any atom is 0.265 e. The average Bonchev–Trinajstić information content (AvgIpc) is 2.46. The zero-order chi connectivity index (χ0) is 14.5. The molecule has 0 aromatic heterocycles. The first kappa shape index (κ1) is 15.5. The summed E-state index contributed by atoms with van der Waals surface area (Å²) in [6.45, 7) is 0.495. The van der Waals surface area contributed by atoms with Gasteiger partial charge < -0.3 is 4.74 Å². The fourth-order valence-corrected chi connectivity index (χ4v) is 3.72. The van der Waals surface area contributed by atoms with Gasteiger partial charge in [0.25, 0.3) is 5.91 Å². The topological polar surface area (TPSA) is 64.3 Å². The third kappa shape index (κ3) is 3.83. The lowest BCUT2D eigenvalue weighted by atomic mass is 10.2. The first-order chi connectivity index (χ1) is 9.61. The minimum atomic E-state index is -0.310. The minimum absolute atomic E-state index is 0.310. The lowest BCUT2D eigenvalue weighted by Gasteiger charge is -2.12. The summed E-state index contributed by atoms with van der Waals surface area (Å²) in [5, 5.41) is 0. The van der Waals surface area contributed by atoms with Crippen LogP contribution in [0.2, 0.25) is 0 Å². The zero-order valence-corrected chi connectivity index (χ0v) is 14.7. The Bertz CT molecular complexity index is 595. The van der Waals surface area contributed by atoms with Crippen LogP contribution in [0.4, 0.5) is 0 Å². The summed E-state index contributed by atoms with van der Waals surface area (Å²) in [6.07, 6.45) is 0. The van der Waals surface area contributed by atoms with Gasteiger partial charge in [0.2, 0.25) is 0 Å². The Morgan fingerprint density at radius 3 is 2.30 bits per heavy atom. The van der Waals surface area contributed by atoms with Crippen molar-refractivity contribution in [2.24, 2.45) is 5.84 Å². The molecule has 0 saturated heterocycles. The van der Waals surface area contributed by atoms with Crippen molar-refractivity contribution in [3.63, 3.8) is 0 Å². The van der Waals surface area contributed by atoms with Crippen molar-refractivity contribution in [1.29, 1.82) is 0 Å². The van der Waals surface area contributed by atoms with Gasteiger partial charge in [0.15, 0.2) is 0 Å². The molecule has 20 heavy (non-hydrogen) atoms. The molecule has 0 unspecified atom stereocenters. The number of carbonyl (C=O) groups is 1. The summed E-state index contributed by atoms with van der Waals surface area (Å²) in [4.78, 5) is 11.5. The number of hydrogen-bond acceptors (Lipinski definition) is 3. The maximum absolute atomic E-state index is 11.5. The van der Waals surface area contributed by atoms with Crippen LogP contribution in [0, 0.1) is 7.14 Å². The number of benzene rings is 2. The lowest BCUT2D eigenvalue weighted by Crippen LogP contribution is -2.30. The van der Waals surface area contributed by atoms with E-state index in [1.807, 2.05) is 30.3 Å². The maximum atomic E-state index is 11.5. The molecule has 0 spiro atoms. The molecular weight excluding hydrogens is 482 g/mol. The first-order valence-electron chi connectivity index (χ1n) is 5.78. The number of hydrogen-bond donors (Lipinski definition) is 2. The number of nitrogens with two attached hydrogens (primary N) is 1. The molecule has 0 bridgehead atoms. The van der Waals surface area contributed by atoms with E-state index in [4.69, 9.17) is 10.6 Å². The Kier molecular flexibility index (Phi) is 5.61. The van der Waals surface area contributed by atoms with Crippen LogP contribution >= 0.6 is 45.2 Å². The predicted octanol–water partition coefficient (Wildman–Crippen LogP) is 3.08. The molecule has 1 amide bonds. The van der Waals surface area contributed by atoms with Gasteiger partial charge in [-0.3, -0.25) is 10.2 Å². The van der Waals surface area contributed by atoms with Gasteiger partial charge in [-0.15, -0.1) is 0 Å². The number of ether oxygens (including phenoxy) is 1. The van der Waals surface area contributed by atoms with E-state index < -0.39 is 0 Å². The quantitative estimate of drug-likeness (QED) is 0.298. The van der Waals surface area contributed by atoms with E-state index in [1.54, 1.807) is 12.1 Å². The Labute approximate surface area is 144 Å². The molecule has 0 heterocycles. The van der Waals surface area contributed by atoms with Crippen LogP contribution in [-0.4, -0.2) is 5.91 Å². The Balaban J connectivity index is 2.18. The standard InChI is InChI=1S/C14H12I2N2O2/c15-11-6-10(14(19)18-17)7-12(16)13(11)20-8-9-4-2-1-3-5-9/h1-7H,8,17H2,(H,18,19). The third-order valence-electron chi connectivity index (χ3n) is 2.62. The van der Waals surface area contributed by atoms with Crippen molar-refractivity contribution in [3.05, 3.63) is 60.7 Å². The molecule has 6 heteroatoms. The van der Waals surface area contributed by atoms with Gasteiger partial charge in [-0.2, -0.15) is 0 Å². The van der Waals surface area contributed by atoms with E-state index in [9.17, 15) is 4.79 Å². The van der Waals surface area contributed by atoms with Crippen molar-refractivity contribution in [2.45, 2.75) is 6.61 Å². The second-order valence-corrected chi connectivity index (χ2v) is 6.34. The molecule has 2 rings (SSSR count). The molecule has 0 atom stereocenters. The molecule has 3 N–H and O–H groups in total. The van der Waals surface area contributed by atoms with Crippen LogP contribution in [0.15, 0.2) is 42.5 Å². The Morgan fingerprint density at radius 1 is 1.15 bits per heavy atom. The van der Waals surface area contributed by atoms with Crippen molar-refractivity contribution in [3.8, 4) is 5.75 Å². The fraction of sp³-hybridized carbons (Fsp3) is 0.0714. The molecule has 4 nitrogen and oxygen atoms in total. The fourth-order valence-electron chi connectivity index (χ4n) is 1.64. The van der Waals surface area contributed by atoms with Gasteiger partial charge >= 0.3 is 0 Å². The van der Waals surface area contributed by atoms with Crippen molar-refractivity contribution < 1.29 is 9.53 Å². The van der Waals surface area contributed by atoms with E-state index in [2.05, 4.69) is 50.6 Å². The molecule has 2 aromatic rings. The monoisotopic (exact) mass is 494 g/mol. The number of halogens is 2. The number of carbonyl (C=O) groups excluding carboxylic acids is 1. The van der Waals surface area contributed by atoms with E-state index in [1.165, 1.54) is 0 Å². The molecule has 0 aliphatic heterocycles. The summed E-state index contributed by atoms with van der Waals surface area (Å²) >= 11 is 4.31. The number of nitrogens with one attached hydrogen (secondary N) is 1. The van der Waals surface area contributed by atoms with Gasteiger partial charge in [-0.05, 0) is 62.9 Å². The van der Waals surface area contributed by atoms with Crippen molar-refractivity contribution >= 4 is 51.1 Å². The Morgan fingerprint density at radius 2 is 1.75 bits per heavy atom. The molecular formula is C14H12I2N2O2. The normalized spacial score (nSPS) is 10.2. The van der Waals surface area contributed by atoms with Crippen LogP contribution in [0.25, 0.3) is 0 Å². The molecule has 0 radical (unpaired) electrons. The molecule has 0 aliphatic carbocycles. The van der Waals surface area contributed by atoms with Gasteiger partial charge in [-0.25, -0.2) is 5.84 Å². The number of rotatable bonds is 4. The van der Waals surface area contributed by atoms with Crippen LogP contribution in [0.5, 0.6) is 5.75 Å². The van der Waals surface area contributed by atoms with Crippen LogP contribution in [0.3, 0.4) is 0 Å². The van der Waals surface area contributed by atoms with Crippen molar-refractivity contribution in [2.75, 3.05) is 0 Å². The van der Waals surface area contributed by atoms with E-state index >= 15 is 0 Å². The summed E-state index contributed by atoms with van der Waals surface area (Å²) in [5.41, 5.74) is 3.75. The van der Waals surface area contributed by atoms with E-state index in [0.29, 0.717) is 12.2 Å². The summed E-state index contributed by atoms with van der Waals surface area (Å²) in [5.74, 6) is 5.61. The summed E-state index contributed by atoms with van der Waals surface area (Å²) in [6, 6.07) is 13.5. The van der Waals surface area contributed by atoms with Crippen LogP contribution in [0.1, 0.15) is 15.9 Å². The molecule has 2 aromatic carbocycles. The Hall–Kier alpha value is -0.870. The number of nitrogen functional groups attached to an aromatic ring is 1. The number of hydrazine groups is 1. The summed E-state index contributed by atoms with van der Waals surface area (Å²) in [7, 11) is 0. The van der Waals surface area contributed by atoms with Crippen molar-refractivity contribution in [1.82, 2.24) is 5.43 Å². The first-order valence-corrected chi connectivity index (χ1v) is 7.94. The number of amides is 1. The minimum Gasteiger partial charge on any atom is -0.487 e. The lowest BCUT2D eigenvalue weighted by molar-refractivity contribution is 0.0953. The molecule has 0 fully saturated rings. The largest absolute Gasteiger partial charge is 0.487 e. The van der Waals surface area contributed by atoms with Crippen LogP contribution in [-0.2, 0) is 6.61 Å². The SMILES string of the molecule is NNC(=O)c1cc(I)c(OCc2ccccc2)c(I)c1. The average molecular weight is 494 g/mol. The molecule has 0 aliphatic rings. The highest BCUT2D eigenvalue weighted by Crippen LogP contribution is 2.29. The van der Waals surface area contributed by atoms with E-state index in [-0.39, 0.29) is 5.91 Å². The second-order valence-electron chi connectivity index (χ2n) is 4.02. The highest BCUT2D eigenvalue weighted by atomic mass is 127. The van der Waals surface area contributed by atoms with E-state index in [0.717, 1.165) is 18.5 Å². The van der Waals surface area contributed by atoms with Gasteiger partial charge in [0.05, 0.1) is 7.14 Å². The predicted molar refractivity (Wildman–Crippen MR) is 94.3 cm³/mol. The highest BCUT2D eigenvalue weighted by Gasteiger charge is 2.12. The summed E-state index contributed by atoms with van der Waals surface area (Å²) < 4.78 is 7.60. The van der Waals surface area contributed by atoms with Gasteiger partial charge in [0, 0.05) is 5.56 Å². The van der Waals surface area contributed by atoms with Gasteiger partial charge in [-0.1, -0.05) is 30.3 Å². The smallest absolute Gasteiger partial charge is 0.265 e. The van der Waals surface area contributed by atoms with Gasteiger partial charge in [0.1, 0.15) is 12.4 Å². The molecule has 104 valence electrons. The second kappa shape index (κ2) is 7.23. The molecule has 0 saturated carbocycles. The highest BCUT2D eigenvalue weighted by molar-refractivity contribution is 14.1.